The van der Waals surface area contributed by atoms with E-state index in [2.05, 4.69) is 11.0 Å². The van der Waals surface area contributed by atoms with Crippen LogP contribution in [0.3, 0.4) is 0 Å². The summed E-state index contributed by atoms with van der Waals surface area (Å²) < 4.78 is 14.0. The quantitative estimate of drug-likeness (QED) is 0.803. The van der Waals surface area contributed by atoms with Crippen LogP contribution in [0.4, 0.5) is 15.8 Å². The number of fused-ring (bicyclic) bond motifs is 2. The van der Waals surface area contributed by atoms with Gasteiger partial charge in [0.1, 0.15) is 5.82 Å². The van der Waals surface area contributed by atoms with E-state index in [1.807, 2.05) is 24.3 Å². The van der Waals surface area contributed by atoms with Gasteiger partial charge in [0.05, 0.1) is 5.69 Å². The Kier molecular flexibility index (Phi) is 2.34. The summed E-state index contributed by atoms with van der Waals surface area (Å²) in [5, 5.41) is 0. The van der Waals surface area contributed by atoms with Crippen LogP contribution in [-0.4, -0.2) is 6.54 Å². The first-order chi connectivity index (χ1) is 9.68. The third-order valence-electron chi connectivity index (χ3n) is 4.60. The number of hydrogen-bond donors (Lipinski definition) is 1. The lowest BCUT2D eigenvalue weighted by Crippen LogP contribution is -2.38. The fraction of sp³-hybridized carbons (Fsp3) is 0.294. The first kappa shape index (κ1) is 11.8. The Hall–Kier alpha value is -2.03. The van der Waals surface area contributed by atoms with Gasteiger partial charge in [0.25, 0.3) is 0 Å². The van der Waals surface area contributed by atoms with E-state index in [1.54, 1.807) is 6.07 Å². The Labute approximate surface area is 118 Å². The van der Waals surface area contributed by atoms with Gasteiger partial charge in [-0.2, -0.15) is 0 Å². The van der Waals surface area contributed by atoms with Gasteiger partial charge in [-0.1, -0.05) is 18.2 Å². The lowest BCUT2D eigenvalue weighted by atomic mass is 9.86. The number of nitrogen functional groups attached to an aromatic ring is 1. The Morgan fingerprint density at radius 3 is 2.65 bits per heavy atom. The van der Waals surface area contributed by atoms with Crippen molar-refractivity contribution in [1.29, 1.82) is 0 Å². The van der Waals surface area contributed by atoms with E-state index >= 15 is 0 Å². The van der Waals surface area contributed by atoms with Crippen molar-refractivity contribution in [3.8, 4) is 0 Å². The van der Waals surface area contributed by atoms with Gasteiger partial charge in [-0.3, -0.25) is 0 Å². The van der Waals surface area contributed by atoms with Crippen molar-refractivity contribution >= 4 is 11.4 Å². The SMILES string of the molecule is Nc1ccc2c(c1)CN(c1ccccc1F)CC21CC1. The van der Waals surface area contributed by atoms with Crippen molar-refractivity contribution in [2.45, 2.75) is 24.8 Å². The summed E-state index contributed by atoms with van der Waals surface area (Å²) in [7, 11) is 0. The molecule has 2 N–H and O–H groups in total. The Morgan fingerprint density at radius 1 is 1.10 bits per heavy atom. The van der Waals surface area contributed by atoms with Gasteiger partial charge in [-0.05, 0) is 48.2 Å². The van der Waals surface area contributed by atoms with E-state index in [4.69, 9.17) is 5.73 Å². The third-order valence-corrected chi connectivity index (χ3v) is 4.60. The normalized spacial score (nSPS) is 18.9. The van der Waals surface area contributed by atoms with Gasteiger partial charge in [0.2, 0.25) is 0 Å². The maximum absolute atomic E-state index is 14.0. The number of hydrogen-bond acceptors (Lipinski definition) is 2. The molecule has 0 atom stereocenters. The second kappa shape index (κ2) is 3.98. The lowest BCUT2D eigenvalue weighted by molar-refractivity contribution is 0.567. The molecule has 2 aliphatic rings. The molecule has 1 heterocycles. The number of rotatable bonds is 1. The van der Waals surface area contributed by atoms with Crippen LogP contribution >= 0.6 is 0 Å². The van der Waals surface area contributed by atoms with E-state index in [-0.39, 0.29) is 11.2 Å². The average molecular weight is 268 g/mol. The van der Waals surface area contributed by atoms with Crippen molar-refractivity contribution in [2.24, 2.45) is 0 Å². The van der Waals surface area contributed by atoms with Crippen LogP contribution in [0.25, 0.3) is 0 Å². The number of para-hydroxylation sites is 1. The molecule has 0 saturated heterocycles. The molecule has 1 saturated carbocycles. The topological polar surface area (TPSA) is 29.3 Å². The lowest BCUT2D eigenvalue weighted by Gasteiger charge is -2.37. The summed E-state index contributed by atoms with van der Waals surface area (Å²) in [6, 6.07) is 13.2. The highest BCUT2D eigenvalue weighted by Crippen LogP contribution is 2.53. The highest BCUT2D eigenvalue weighted by Gasteiger charge is 2.49. The molecule has 0 radical (unpaired) electrons. The van der Waals surface area contributed by atoms with Crippen molar-refractivity contribution < 1.29 is 4.39 Å². The summed E-state index contributed by atoms with van der Waals surface area (Å²) >= 11 is 0. The molecule has 2 aromatic carbocycles. The molecule has 0 aromatic heterocycles. The van der Waals surface area contributed by atoms with E-state index in [9.17, 15) is 4.39 Å². The first-order valence-corrected chi connectivity index (χ1v) is 7.06. The van der Waals surface area contributed by atoms with Gasteiger partial charge in [0, 0.05) is 24.2 Å². The number of anilines is 2. The highest BCUT2D eigenvalue weighted by molar-refractivity contribution is 5.57. The predicted octanol–water partition coefficient (Wildman–Crippen LogP) is 3.46. The summed E-state index contributed by atoms with van der Waals surface area (Å²) in [4.78, 5) is 2.16. The van der Waals surface area contributed by atoms with Gasteiger partial charge in [-0.15, -0.1) is 0 Å². The maximum atomic E-state index is 14.0. The number of nitrogens with zero attached hydrogens (tertiary/aromatic N) is 1. The molecular formula is C17H17FN2. The summed E-state index contributed by atoms with van der Waals surface area (Å²) in [5.41, 5.74) is 10.3. The van der Waals surface area contributed by atoms with E-state index in [0.29, 0.717) is 5.69 Å². The zero-order valence-electron chi connectivity index (χ0n) is 11.3. The van der Waals surface area contributed by atoms with Crippen LogP contribution in [0.5, 0.6) is 0 Å². The van der Waals surface area contributed by atoms with Gasteiger partial charge in [-0.25, -0.2) is 4.39 Å². The molecule has 2 nitrogen and oxygen atoms in total. The minimum atomic E-state index is -0.143. The van der Waals surface area contributed by atoms with E-state index in [1.165, 1.54) is 30.0 Å². The van der Waals surface area contributed by atoms with Crippen molar-refractivity contribution in [3.63, 3.8) is 0 Å². The third kappa shape index (κ3) is 1.69. The molecule has 102 valence electrons. The molecule has 2 aromatic rings. The summed E-state index contributed by atoms with van der Waals surface area (Å²) in [5.74, 6) is -0.143. The second-order valence-corrected chi connectivity index (χ2v) is 6.00. The summed E-state index contributed by atoms with van der Waals surface area (Å²) in [6.07, 6.45) is 2.38. The Bertz CT molecular complexity index is 676. The van der Waals surface area contributed by atoms with Crippen molar-refractivity contribution in [2.75, 3.05) is 17.2 Å². The molecule has 1 spiro atoms. The van der Waals surface area contributed by atoms with Gasteiger partial charge >= 0.3 is 0 Å². The zero-order chi connectivity index (χ0) is 13.7. The minimum absolute atomic E-state index is 0.143. The minimum Gasteiger partial charge on any atom is -0.399 e. The molecule has 3 heteroatoms. The van der Waals surface area contributed by atoms with Crippen LogP contribution < -0.4 is 10.6 Å². The Balaban J connectivity index is 1.78. The monoisotopic (exact) mass is 268 g/mol. The molecular weight excluding hydrogens is 251 g/mol. The molecule has 0 unspecified atom stereocenters. The number of benzene rings is 2. The average Bonchev–Trinajstić information content (AvgIpc) is 3.19. The molecule has 1 fully saturated rings. The molecule has 1 aliphatic heterocycles. The molecule has 1 aliphatic carbocycles. The van der Waals surface area contributed by atoms with Crippen molar-refractivity contribution in [3.05, 3.63) is 59.4 Å². The van der Waals surface area contributed by atoms with Crippen LogP contribution in [0.15, 0.2) is 42.5 Å². The van der Waals surface area contributed by atoms with Crippen LogP contribution in [0.1, 0.15) is 24.0 Å². The summed E-state index contributed by atoms with van der Waals surface area (Å²) in [6.45, 7) is 1.65. The van der Waals surface area contributed by atoms with Gasteiger partial charge in [0.15, 0.2) is 0 Å². The number of nitrogens with two attached hydrogens (primary N) is 1. The maximum Gasteiger partial charge on any atom is 0.146 e. The first-order valence-electron chi connectivity index (χ1n) is 7.06. The molecule has 4 rings (SSSR count). The molecule has 0 amide bonds. The highest BCUT2D eigenvalue weighted by atomic mass is 19.1. The van der Waals surface area contributed by atoms with Gasteiger partial charge < -0.3 is 10.6 Å². The van der Waals surface area contributed by atoms with Crippen LogP contribution in [0, 0.1) is 5.82 Å². The van der Waals surface area contributed by atoms with Crippen molar-refractivity contribution in [1.82, 2.24) is 0 Å². The van der Waals surface area contributed by atoms with Crippen LogP contribution in [-0.2, 0) is 12.0 Å². The Morgan fingerprint density at radius 2 is 1.90 bits per heavy atom. The van der Waals surface area contributed by atoms with E-state index < -0.39 is 0 Å². The number of halogens is 1. The fourth-order valence-corrected chi connectivity index (χ4v) is 3.43. The standard InChI is InChI=1S/C17H17FN2/c18-15-3-1-2-4-16(15)20-10-12-9-13(19)5-6-14(12)17(11-20)7-8-17/h1-6,9H,7-8,10-11,19H2. The fourth-order valence-electron chi connectivity index (χ4n) is 3.43. The van der Waals surface area contributed by atoms with E-state index in [0.717, 1.165) is 18.8 Å². The largest absolute Gasteiger partial charge is 0.399 e. The van der Waals surface area contributed by atoms with Crippen LogP contribution in [0.2, 0.25) is 0 Å². The second-order valence-electron chi connectivity index (χ2n) is 6.00. The molecule has 0 bridgehead atoms. The predicted molar refractivity (Wildman–Crippen MR) is 79.2 cm³/mol. The smallest absolute Gasteiger partial charge is 0.146 e. The zero-order valence-corrected chi connectivity index (χ0v) is 11.3. The molecule has 20 heavy (non-hydrogen) atoms.